The number of pyridine rings is 1. The van der Waals surface area contributed by atoms with Crippen molar-refractivity contribution >= 4 is 23.5 Å². The molecule has 1 atom stereocenters. The van der Waals surface area contributed by atoms with Crippen LogP contribution in [-0.2, 0) is 4.79 Å². The summed E-state index contributed by atoms with van der Waals surface area (Å²) in [5, 5.41) is -0.245. The zero-order valence-electron chi connectivity index (χ0n) is 7.23. The van der Waals surface area contributed by atoms with Crippen molar-refractivity contribution in [2.45, 2.75) is 17.1 Å². The second kappa shape index (κ2) is 4.13. The normalized spacial score (nSPS) is 12.4. The number of amides is 1. The van der Waals surface area contributed by atoms with Crippen molar-refractivity contribution in [2.24, 2.45) is 5.73 Å². The van der Waals surface area contributed by atoms with Gasteiger partial charge in [0, 0.05) is 11.1 Å². The van der Waals surface area contributed by atoms with Gasteiger partial charge in [-0.1, -0.05) is 0 Å². The second-order valence-corrected chi connectivity index (χ2v) is 4.00. The minimum Gasteiger partial charge on any atom is -0.384 e. The average Bonchev–Trinajstić information content (AvgIpc) is 2.08. The Balaban J connectivity index is 2.64. The lowest BCUT2D eigenvalue weighted by atomic mass is 10.5. The second-order valence-electron chi connectivity index (χ2n) is 2.58. The molecule has 0 radical (unpaired) electrons. The molecular weight excluding hydrogens is 186 g/mol. The molecule has 13 heavy (non-hydrogen) atoms. The molecule has 1 aromatic rings. The number of anilines is 1. The zero-order valence-corrected chi connectivity index (χ0v) is 8.04. The van der Waals surface area contributed by atoms with E-state index in [0.717, 1.165) is 4.90 Å². The fraction of sp³-hybridized carbons (Fsp3) is 0.250. The van der Waals surface area contributed by atoms with Crippen molar-refractivity contribution in [1.29, 1.82) is 0 Å². The van der Waals surface area contributed by atoms with Gasteiger partial charge < -0.3 is 11.5 Å². The van der Waals surface area contributed by atoms with Gasteiger partial charge >= 0.3 is 0 Å². The highest BCUT2D eigenvalue weighted by Crippen LogP contribution is 2.22. The molecule has 1 rings (SSSR count). The van der Waals surface area contributed by atoms with E-state index >= 15 is 0 Å². The van der Waals surface area contributed by atoms with Gasteiger partial charge in [-0.2, -0.15) is 0 Å². The van der Waals surface area contributed by atoms with Gasteiger partial charge in [0.05, 0.1) is 5.25 Å². The largest absolute Gasteiger partial charge is 0.384 e. The predicted molar refractivity (Wildman–Crippen MR) is 53.2 cm³/mol. The molecule has 4 N–H and O–H groups in total. The molecule has 0 aliphatic rings. The minimum atomic E-state index is -0.332. The van der Waals surface area contributed by atoms with Crippen LogP contribution in [0.2, 0.25) is 0 Å². The molecule has 0 spiro atoms. The van der Waals surface area contributed by atoms with Crippen LogP contribution in [0.25, 0.3) is 0 Å². The maximum absolute atomic E-state index is 10.7. The van der Waals surface area contributed by atoms with Crippen molar-refractivity contribution in [3.63, 3.8) is 0 Å². The highest BCUT2D eigenvalue weighted by atomic mass is 32.2. The molecule has 0 aliphatic carbocycles. The van der Waals surface area contributed by atoms with Gasteiger partial charge in [0.1, 0.15) is 5.82 Å². The molecule has 4 nitrogen and oxygen atoms in total. The Morgan fingerprint density at radius 1 is 1.62 bits per heavy atom. The van der Waals surface area contributed by atoms with Gasteiger partial charge in [-0.25, -0.2) is 4.98 Å². The van der Waals surface area contributed by atoms with E-state index in [1.54, 1.807) is 19.2 Å². The lowest BCUT2D eigenvalue weighted by molar-refractivity contribution is -0.117. The van der Waals surface area contributed by atoms with Crippen molar-refractivity contribution in [3.8, 4) is 0 Å². The number of rotatable bonds is 3. The number of primary amides is 1. The van der Waals surface area contributed by atoms with Crippen molar-refractivity contribution < 1.29 is 4.79 Å². The Kier molecular flexibility index (Phi) is 3.13. The number of hydrogen-bond acceptors (Lipinski definition) is 4. The van der Waals surface area contributed by atoms with E-state index in [0.29, 0.717) is 5.82 Å². The molecule has 5 heteroatoms. The highest BCUT2D eigenvalue weighted by Gasteiger charge is 2.09. The van der Waals surface area contributed by atoms with Crippen LogP contribution in [-0.4, -0.2) is 16.1 Å². The molecule has 0 saturated carbocycles. The van der Waals surface area contributed by atoms with Gasteiger partial charge in [-0.3, -0.25) is 4.79 Å². The maximum Gasteiger partial charge on any atom is 0.230 e. The number of thioether (sulfide) groups is 1. The fourth-order valence-corrected chi connectivity index (χ4v) is 1.51. The van der Waals surface area contributed by atoms with E-state index in [-0.39, 0.29) is 11.2 Å². The summed E-state index contributed by atoms with van der Waals surface area (Å²) < 4.78 is 0. The van der Waals surface area contributed by atoms with Crippen LogP contribution in [0, 0.1) is 0 Å². The third-order valence-corrected chi connectivity index (χ3v) is 2.57. The van der Waals surface area contributed by atoms with Crippen LogP contribution in [0.15, 0.2) is 23.2 Å². The molecule has 0 saturated heterocycles. The van der Waals surface area contributed by atoms with Crippen molar-refractivity contribution in [3.05, 3.63) is 18.3 Å². The summed E-state index contributed by atoms with van der Waals surface area (Å²) in [6.45, 7) is 1.75. The highest BCUT2D eigenvalue weighted by molar-refractivity contribution is 8.00. The summed E-state index contributed by atoms with van der Waals surface area (Å²) >= 11 is 1.37. The summed E-state index contributed by atoms with van der Waals surface area (Å²) in [5.74, 6) is 0.137. The third kappa shape index (κ3) is 2.95. The van der Waals surface area contributed by atoms with Crippen LogP contribution in [0.5, 0.6) is 0 Å². The fourth-order valence-electron chi connectivity index (χ4n) is 0.724. The first kappa shape index (κ1) is 9.85. The molecule has 1 unspecified atom stereocenters. The first-order valence-corrected chi connectivity index (χ1v) is 4.65. The van der Waals surface area contributed by atoms with Gasteiger partial charge in [0.15, 0.2) is 0 Å². The molecule has 0 aliphatic heterocycles. The Bertz CT molecular complexity index is 299. The lowest BCUT2D eigenvalue weighted by Gasteiger charge is -2.05. The first-order valence-electron chi connectivity index (χ1n) is 3.77. The van der Waals surface area contributed by atoms with E-state index < -0.39 is 0 Å². The van der Waals surface area contributed by atoms with E-state index in [4.69, 9.17) is 11.5 Å². The zero-order chi connectivity index (χ0) is 9.84. The Hall–Kier alpha value is -1.23. The number of nitrogen functional groups attached to an aromatic ring is 1. The SMILES string of the molecule is CC(Sc1ccc(N)nc1)C(N)=O. The number of hydrogen-bond donors (Lipinski definition) is 2. The molecule has 1 amide bonds. The number of aromatic nitrogens is 1. The number of carbonyl (C=O) groups excluding carboxylic acids is 1. The quantitative estimate of drug-likeness (QED) is 0.696. The van der Waals surface area contributed by atoms with E-state index in [1.807, 2.05) is 6.07 Å². The maximum atomic E-state index is 10.7. The Labute approximate surface area is 80.7 Å². The summed E-state index contributed by atoms with van der Waals surface area (Å²) in [7, 11) is 0. The van der Waals surface area contributed by atoms with Crippen molar-refractivity contribution in [1.82, 2.24) is 4.98 Å². The van der Waals surface area contributed by atoms with Gasteiger partial charge in [0.25, 0.3) is 0 Å². The number of nitrogens with two attached hydrogens (primary N) is 2. The van der Waals surface area contributed by atoms with Crippen LogP contribution in [0.4, 0.5) is 5.82 Å². The molecule has 0 bridgehead atoms. The van der Waals surface area contributed by atoms with Gasteiger partial charge in [-0.05, 0) is 19.1 Å². The van der Waals surface area contributed by atoms with Gasteiger partial charge in [-0.15, -0.1) is 11.8 Å². The number of nitrogens with zero attached hydrogens (tertiary/aromatic N) is 1. The molecular formula is C8H11N3OS. The van der Waals surface area contributed by atoms with Gasteiger partial charge in [0.2, 0.25) is 5.91 Å². The summed E-state index contributed by atoms with van der Waals surface area (Å²) in [6.07, 6.45) is 1.62. The van der Waals surface area contributed by atoms with Crippen LogP contribution in [0.1, 0.15) is 6.92 Å². The molecule has 70 valence electrons. The number of carbonyl (C=O) groups is 1. The topological polar surface area (TPSA) is 82.0 Å². The van der Waals surface area contributed by atoms with Crippen LogP contribution < -0.4 is 11.5 Å². The summed E-state index contributed by atoms with van der Waals surface area (Å²) in [6, 6.07) is 3.50. The summed E-state index contributed by atoms with van der Waals surface area (Å²) in [5.41, 5.74) is 10.5. The van der Waals surface area contributed by atoms with Crippen LogP contribution in [0.3, 0.4) is 0 Å². The Morgan fingerprint density at radius 3 is 2.77 bits per heavy atom. The monoisotopic (exact) mass is 197 g/mol. The molecule has 0 fully saturated rings. The van der Waals surface area contributed by atoms with E-state index in [1.165, 1.54) is 11.8 Å². The molecule has 1 heterocycles. The van der Waals surface area contributed by atoms with Crippen LogP contribution >= 0.6 is 11.8 Å². The van der Waals surface area contributed by atoms with Crippen molar-refractivity contribution in [2.75, 3.05) is 5.73 Å². The Morgan fingerprint density at radius 2 is 2.31 bits per heavy atom. The molecule has 0 aromatic carbocycles. The standard InChI is InChI=1S/C8H11N3OS/c1-5(8(10)12)13-6-2-3-7(9)11-4-6/h2-5H,1H3,(H2,9,11)(H2,10,12). The third-order valence-electron chi connectivity index (χ3n) is 1.47. The van der Waals surface area contributed by atoms with E-state index in [2.05, 4.69) is 4.98 Å². The molecule has 1 aromatic heterocycles. The average molecular weight is 197 g/mol. The first-order chi connectivity index (χ1) is 6.09. The van der Waals surface area contributed by atoms with E-state index in [9.17, 15) is 4.79 Å². The predicted octanol–water partition coefficient (Wildman–Crippen LogP) is 0.630. The minimum absolute atomic E-state index is 0.245. The lowest BCUT2D eigenvalue weighted by Crippen LogP contribution is -2.22. The summed E-state index contributed by atoms with van der Waals surface area (Å²) in [4.78, 5) is 15.5. The smallest absolute Gasteiger partial charge is 0.230 e.